The first-order chi connectivity index (χ1) is 10.7. The Morgan fingerprint density at radius 2 is 1.77 bits per heavy atom. The molecule has 2 rings (SSSR count). The second-order valence-corrected chi connectivity index (χ2v) is 6.79. The van der Waals surface area contributed by atoms with E-state index in [1.165, 1.54) is 0 Å². The van der Waals surface area contributed by atoms with Crippen LogP contribution in [0.1, 0.15) is 20.3 Å². The monoisotopic (exact) mass is 328 g/mol. The lowest BCUT2D eigenvalue weighted by atomic mass is 10.2. The van der Waals surface area contributed by atoms with E-state index in [9.17, 15) is 9.59 Å². The Morgan fingerprint density at radius 3 is 2.32 bits per heavy atom. The van der Waals surface area contributed by atoms with Gasteiger partial charge in [0.05, 0.1) is 6.04 Å². The molecule has 2 aliphatic heterocycles. The first kappa shape index (κ1) is 17.6. The minimum absolute atomic E-state index is 0.0325. The molecule has 2 saturated heterocycles. The number of hydrogen-bond donors (Lipinski definition) is 1. The van der Waals surface area contributed by atoms with Crippen molar-refractivity contribution in [2.24, 2.45) is 0 Å². The molecule has 0 saturated carbocycles. The fourth-order valence-electron chi connectivity index (χ4n) is 2.90. The summed E-state index contributed by atoms with van der Waals surface area (Å²) < 4.78 is 0. The topological polar surface area (TPSA) is 55.9 Å². The van der Waals surface area contributed by atoms with Gasteiger partial charge in [-0.2, -0.15) is 0 Å². The summed E-state index contributed by atoms with van der Waals surface area (Å²) >= 11 is 1.77. The van der Waals surface area contributed by atoms with Crippen LogP contribution < -0.4 is 5.32 Å². The van der Waals surface area contributed by atoms with Gasteiger partial charge in [-0.25, -0.2) is 0 Å². The third kappa shape index (κ3) is 4.60. The highest BCUT2D eigenvalue weighted by Gasteiger charge is 2.30. The van der Waals surface area contributed by atoms with Crippen molar-refractivity contribution in [2.75, 3.05) is 57.4 Å². The smallest absolute Gasteiger partial charge is 0.240 e. The SMILES string of the molecule is CCN(CC)CCC(=O)N1CCN(C(=O)C2CSCN2)CC1. The van der Waals surface area contributed by atoms with Crippen LogP contribution in [0.2, 0.25) is 0 Å². The van der Waals surface area contributed by atoms with Gasteiger partial charge in [0.2, 0.25) is 11.8 Å². The van der Waals surface area contributed by atoms with Crippen LogP contribution >= 0.6 is 11.8 Å². The van der Waals surface area contributed by atoms with Gasteiger partial charge >= 0.3 is 0 Å². The number of rotatable bonds is 6. The Kier molecular flexibility index (Phi) is 6.98. The Bertz CT molecular complexity index is 376. The van der Waals surface area contributed by atoms with Gasteiger partial charge < -0.3 is 14.7 Å². The highest BCUT2D eigenvalue weighted by Crippen LogP contribution is 2.13. The molecule has 7 heteroatoms. The van der Waals surface area contributed by atoms with Crippen molar-refractivity contribution in [3.63, 3.8) is 0 Å². The van der Waals surface area contributed by atoms with E-state index in [0.717, 1.165) is 31.3 Å². The molecule has 0 aliphatic carbocycles. The molecule has 6 nitrogen and oxygen atoms in total. The van der Waals surface area contributed by atoms with E-state index in [1.54, 1.807) is 11.8 Å². The summed E-state index contributed by atoms with van der Waals surface area (Å²) in [5.41, 5.74) is 0. The molecule has 0 aromatic heterocycles. The zero-order valence-corrected chi connectivity index (χ0v) is 14.5. The second-order valence-electron chi connectivity index (χ2n) is 5.75. The molecule has 0 bridgehead atoms. The third-order valence-corrected chi connectivity index (χ3v) is 5.43. The van der Waals surface area contributed by atoms with E-state index in [-0.39, 0.29) is 17.9 Å². The minimum Gasteiger partial charge on any atom is -0.339 e. The van der Waals surface area contributed by atoms with Gasteiger partial charge in [-0.3, -0.25) is 14.9 Å². The van der Waals surface area contributed by atoms with Crippen LogP contribution in [0.4, 0.5) is 0 Å². The number of nitrogens with one attached hydrogen (secondary N) is 1. The van der Waals surface area contributed by atoms with Crippen molar-refractivity contribution in [3.8, 4) is 0 Å². The van der Waals surface area contributed by atoms with E-state index >= 15 is 0 Å². The average Bonchev–Trinajstić information content (AvgIpc) is 3.09. The summed E-state index contributed by atoms with van der Waals surface area (Å²) in [6, 6.07) is -0.0325. The number of amides is 2. The number of carbonyl (C=O) groups is 2. The highest BCUT2D eigenvalue weighted by molar-refractivity contribution is 7.99. The van der Waals surface area contributed by atoms with Gasteiger partial charge in [0.1, 0.15) is 0 Å². The molecule has 22 heavy (non-hydrogen) atoms. The van der Waals surface area contributed by atoms with Crippen LogP contribution in [0.3, 0.4) is 0 Å². The van der Waals surface area contributed by atoms with Crippen LogP contribution in [-0.4, -0.2) is 90.0 Å². The van der Waals surface area contributed by atoms with E-state index in [0.29, 0.717) is 32.6 Å². The average molecular weight is 328 g/mol. The number of nitrogens with zero attached hydrogens (tertiary/aromatic N) is 3. The summed E-state index contributed by atoms with van der Waals surface area (Å²) in [6.45, 7) is 9.70. The molecule has 2 fully saturated rings. The maximum Gasteiger partial charge on any atom is 0.240 e. The predicted molar refractivity (Wildman–Crippen MR) is 89.8 cm³/mol. The number of carbonyl (C=O) groups excluding carboxylic acids is 2. The quantitative estimate of drug-likeness (QED) is 0.747. The minimum atomic E-state index is -0.0325. The molecule has 1 unspecified atom stereocenters. The van der Waals surface area contributed by atoms with Gasteiger partial charge in [0.15, 0.2) is 0 Å². The molecule has 0 spiro atoms. The lowest BCUT2D eigenvalue weighted by Crippen LogP contribution is -2.54. The summed E-state index contributed by atoms with van der Waals surface area (Å²) in [5.74, 6) is 2.14. The van der Waals surface area contributed by atoms with E-state index < -0.39 is 0 Å². The normalized spacial score (nSPS) is 22.4. The number of hydrogen-bond acceptors (Lipinski definition) is 5. The Labute approximate surface area is 137 Å². The van der Waals surface area contributed by atoms with Crippen molar-refractivity contribution in [3.05, 3.63) is 0 Å². The van der Waals surface area contributed by atoms with Crippen LogP contribution in [0.25, 0.3) is 0 Å². The van der Waals surface area contributed by atoms with Crippen molar-refractivity contribution in [2.45, 2.75) is 26.3 Å². The van der Waals surface area contributed by atoms with Crippen LogP contribution in [0.5, 0.6) is 0 Å². The van der Waals surface area contributed by atoms with Crippen molar-refractivity contribution in [1.82, 2.24) is 20.0 Å². The van der Waals surface area contributed by atoms with E-state index in [1.807, 2.05) is 9.80 Å². The van der Waals surface area contributed by atoms with Crippen LogP contribution in [0, 0.1) is 0 Å². The Hall–Kier alpha value is -0.790. The fourth-order valence-corrected chi connectivity index (χ4v) is 3.84. The van der Waals surface area contributed by atoms with E-state index in [2.05, 4.69) is 24.1 Å². The molecule has 2 heterocycles. The standard InChI is InChI=1S/C15H28N4O2S/c1-3-17(4-2)6-5-14(20)18-7-9-19(10-8-18)15(21)13-11-22-12-16-13/h13,16H,3-12H2,1-2H3. The highest BCUT2D eigenvalue weighted by atomic mass is 32.2. The molecular formula is C15H28N4O2S. The van der Waals surface area contributed by atoms with Crippen LogP contribution in [0.15, 0.2) is 0 Å². The first-order valence-corrected chi connectivity index (χ1v) is 9.41. The van der Waals surface area contributed by atoms with Crippen molar-refractivity contribution >= 4 is 23.6 Å². The first-order valence-electron chi connectivity index (χ1n) is 8.25. The summed E-state index contributed by atoms with van der Waals surface area (Å²) in [4.78, 5) is 30.6. The summed E-state index contributed by atoms with van der Waals surface area (Å²) in [5, 5.41) is 3.22. The molecule has 126 valence electrons. The maximum absolute atomic E-state index is 12.3. The number of piperazine rings is 1. The largest absolute Gasteiger partial charge is 0.339 e. The van der Waals surface area contributed by atoms with E-state index in [4.69, 9.17) is 0 Å². The van der Waals surface area contributed by atoms with Gasteiger partial charge in [-0.15, -0.1) is 11.8 Å². The fraction of sp³-hybridized carbons (Fsp3) is 0.867. The molecule has 0 aromatic rings. The lowest BCUT2D eigenvalue weighted by molar-refractivity contribution is -0.140. The zero-order valence-electron chi connectivity index (χ0n) is 13.7. The maximum atomic E-state index is 12.3. The van der Waals surface area contributed by atoms with Gasteiger partial charge in [0.25, 0.3) is 0 Å². The molecule has 0 radical (unpaired) electrons. The number of thioether (sulfide) groups is 1. The molecule has 1 N–H and O–H groups in total. The van der Waals surface area contributed by atoms with Crippen molar-refractivity contribution < 1.29 is 9.59 Å². The molecule has 1 atom stereocenters. The van der Waals surface area contributed by atoms with Gasteiger partial charge in [0, 0.05) is 50.8 Å². The van der Waals surface area contributed by atoms with Gasteiger partial charge in [-0.1, -0.05) is 13.8 Å². The van der Waals surface area contributed by atoms with Crippen molar-refractivity contribution in [1.29, 1.82) is 0 Å². The third-order valence-electron chi connectivity index (χ3n) is 4.49. The molecule has 2 aliphatic rings. The van der Waals surface area contributed by atoms with Gasteiger partial charge in [-0.05, 0) is 13.1 Å². The summed E-state index contributed by atoms with van der Waals surface area (Å²) in [6.07, 6.45) is 0.580. The second kappa shape index (κ2) is 8.74. The zero-order chi connectivity index (χ0) is 15.9. The molecule has 2 amide bonds. The molecular weight excluding hydrogens is 300 g/mol. The Morgan fingerprint density at radius 1 is 1.14 bits per heavy atom. The summed E-state index contributed by atoms with van der Waals surface area (Å²) in [7, 11) is 0. The molecule has 0 aromatic carbocycles. The Balaban J connectivity index is 1.72. The lowest BCUT2D eigenvalue weighted by Gasteiger charge is -2.36. The predicted octanol–water partition coefficient (Wildman–Crippen LogP) is 0.0516. The van der Waals surface area contributed by atoms with Crippen LogP contribution in [-0.2, 0) is 9.59 Å².